The number of piperazine rings is 1. The Morgan fingerprint density at radius 3 is 2.16 bits per heavy atom. The molecule has 0 saturated carbocycles. The lowest BCUT2D eigenvalue weighted by Gasteiger charge is -2.37. The van der Waals surface area contributed by atoms with E-state index in [9.17, 15) is 9.59 Å². The van der Waals surface area contributed by atoms with Crippen LogP contribution in [-0.4, -0.2) is 60.4 Å². The van der Waals surface area contributed by atoms with Crippen LogP contribution in [0.2, 0.25) is 0 Å². The van der Waals surface area contributed by atoms with Gasteiger partial charge >= 0.3 is 0 Å². The number of rotatable bonds is 2. The van der Waals surface area contributed by atoms with Crippen molar-refractivity contribution in [1.29, 1.82) is 0 Å². The summed E-state index contributed by atoms with van der Waals surface area (Å²) in [5.41, 5.74) is 0. The van der Waals surface area contributed by atoms with E-state index >= 15 is 0 Å². The van der Waals surface area contributed by atoms with Crippen LogP contribution in [0.1, 0.15) is 27.2 Å². The van der Waals surface area contributed by atoms with Gasteiger partial charge in [0.05, 0.1) is 5.92 Å². The summed E-state index contributed by atoms with van der Waals surface area (Å²) in [6.07, 6.45) is 0.936. The summed E-state index contributed by atoms with van der Waals surface area (Å²) < 4.78 is 0. The molecule has 0 bridgehead atoms. The second kappa shape index (κ2) is 5.90. The van der Waals surface area contributed by atoms with Crippen LogP contribution < -0.4 is 5.32 Å². The molecule has 2 aliphatic heterocycles. The number of carbonyl (C=O) groups excluding carboxylic acids is 2. The molecule has 5 heteroatoms. The van der Waals surface area contributed by atoms with Gasteiger partial charge in [-0.3, -0.25) is 9.59 Å². The van der Waals surface area contributed by atoms with Crippen molar-refractivity contribution in [2.75, 3.05) is 32.7 Å². The lowest BCUT2D eigenvalue weighted by molar-refractivity contribution is -0.143. The third kappa shape index (κ3) is 3.08. The zero-order valence-electron chi connectivity index (χ0n) is 12.2. The average molecular weight is 267 g/mol. The van der Waals surface area contributed by atoms with E-state index in [4.69, 9.17) is 0 Å². The van der Waals surface area contributed by atoms with E-state index in [0.29, 0.717) is 26.2 Å². The second-order valence-corrected chi connectivity index (χ2v) is 5.94. The molecule has 2 atom stereocenters. The maximum absolute atomic E-state index is 12.4. The third-order valence-corrected chi connectivity index (χ3v) is 4.24. The molecule has 0 aromatic heterocycles. The Morgan fingerprint density at radius 2 is 1.68 bits per heavy atom. The van der Waals surface area contributed by atoms with E-state index < -0.39 is 0 Å². The maximum Gasteiger partial charge on any atom is 0.227 e. The van der Waals surface area contributed by atoms with Gasteiger partial charge in [0, 0.05) is 38.1 Å². The Bertz CT molecular complexity index is 349. The Hall–Kier alpha value is -1.10. The van der Waals surface area contributed by atoms with E-state index in [1.54, 1.807) is 0 Å². The van der Waals surface area contributed by atoms with Crippen molar-refractivity contribution in [1.82, 2.24) is 15.1 Å². The predicted molar refractivity (Wildman–Crippen MR) is 73.6 cm³/mol. The van der Waals surface area contributed by atoms with Gasteiger partial charge < -0.3 is 15.1 Å². The number of nitrogens with zero attached hydrogens (tertiary/aromatic N) is 2. The molecular formula is C14H25N3O2. The number of carbonyl (C=O) groups is 2. The minimum absolute atomic E-state index is 0.0429. The first-order valence-corrected chi connectivity index (χ1v) is 7.31. The largest absolute Gasteiger partial charge is 0.339 e. The molecule has 19 heavy (non-hydrogen) atoms. The molecule has 1 N–H and O–H groups in total. The summed E-state index contributed by atoms with van der Waals surface area (Å²) in [7, 11) is 0. The smallest absolute Gasteiger partial charge is 0.227 e. The van der Waals surface area contributed by atoms with E-state index in [1.807, 2.05) is 23.6 Å². The third-order valence-electron chi connectivity index (χ3n) is 4.24. The lowest BCUT2D eigenvalue weighted by atomic mass is 10.00. The summed E-state index contributed by atoms with van der Waals surface area (Å²) in [6.45, 7) is 9.57. The fourth-order valence-electron chi connectivity index (χ4n) is 2.94. The van der Waals surface area contributed by atoms with Gasteiger partial charge in [0.1, 0.15) is 0 Å². The van der Waals surface area contributed by atoms with Gasteiger partial charge in [-0.1, -0.05) is 13.8 Å². The highest BCUT2D eigenvalue weighted by Gasteiger charge is 2.34. The SMILES string of the molecule is CC(C)C(=O)N1CCN(C(=O)C2CCNC2C)CC1. The van der Waals surface area contributed by atoms with Crippen LogP contribution in [0.25, 0.3) is 0 Å². The fraction of sp³-hybridized carbons (Fsp3) is 0.857. The van der Waals surface area contributed by atoms with Crippen molar-refractivity contribution in [3.63, 3.8) is 0 Å². The molecule has 108 valence electrons. The molecule has 2 heterocycles. The van der Waals surface area contributed by atoms with Gasteiger partial charge in [0.25, 0.3) is 0 Å². The van der Waals surface area contributed by atoms with Crippen molar-refractivity contribution in [2.24, 2.45) is 11.8 Å². The molecule has 0 aliphatic carbocycles. The van der Waals surface area contributed by atoms with Crippen molar-refractivity contribution in [2.45, 2.75) is 33.2 Å². The quantitative estimate of drug-likeness (QED) is 0.783. The van der Waals surface area contributed by atoms with E-state index in [0.717, 1.165) is 13.0 Å². The minimum Gasteiger partial charge on any atom is -0.339 e. The highest BCUT2D eigenvalue weighted by Crippen LogP contribution is 2.19. The standard InChI is InChI=1S/C14H25N3O2/c1-10(2)13(18)16-6-8-17(9-7-16)14(19)12-4-5-15-11(12)3/h10-12,15H,4-9H2,1-3H3. The van der Waals surface area contributed by atoms with Crippen LogP contribution in [0.15, 0.2) is 0 Å². The Labute approximate surface area is 115 Å². The summed E-state index contributed by atoms with van der Waals surface area (Å²) in [5, 5.41) is 3.32. The molecule has 0 spiro atoms. The summed E-state index contributed by atoms with van der Waals surface area (Å²) in [6, 6.07) is 0.280. The first-order chi connectivity index (χ1) is 9.00. The van der Waals surface area contributed by atoms with Crippen molar-refractivity contribution in [3.05, 3.63) is 0 Å². The molecule has 2 fully saturated rings. The van der Waals surface area contributed by atoms with Gasteiger partial charge in [-0.05, 0) is 19.9 Å². The van der Waals surface area contributed by atoms with Crippen molar-refractivity contribution < 1.29 is 9.59 Å². The van der Waals surface area contributed by atoms with Crippen molar-refractivity contribution >= 4 is 11.8 Å². The molecule has 2 rings (SSSR count). The molecule has 0 aromatic rings. The molecule has 0 aromatic carbocycles. The van der Waals surface area contributed by atoms with Crippen LogP contribution in [0.4, 0.5) is 0 Å². The van der Waals surface area contributed by atoms with Gasteiger partial charge in [-0.2, -0.15) is 0 Å². The number of hydrogen-bond acceptors (Lipinski definition) is 3. The monoisotopic (exact) mass is 267 g/mol. The molecule has 0 radical (unpaired) electrons. The van der Waals surface area contributed by atoms with Gasteiger partial charge in [0.2, 0.25) is 11.8 Å². The van der Waals surface area contributed by atoms with Crippen LogP contribution in [0, 0.1) is 11.8 Å². The lowest BCUT2D eigenvalue weighted by Crippen LogP contribution is -2.53. The van der Waals surface area contributed by atoms with Crippen LogP contribution in [0.3, 0.4) is 0 Å². The van der Waals surface area contributed by atoms with Gasteiger partial charge in [-0.25, -0.2) is 0 Å². The highest BCUT2D eigenvalue weighted by molar-refractivity contribution is 5.81. The summed E-state index contributed by atoms with van der Waals surface area (Å²) in [4.78, 5) is 28.1. The van der Waals surface area contributed by atoms with E-state index in [1.165, 1.54) is 0 Å². The van der Waals surface area contributed by atoms with E-state index in [2.05, 4.69) is 12.2 Å². The topological polar surface area (TPSA) is 52.7 Å². The number of nitrogens with one attached hydrogen (secondary N) is 1. The first-order valence-electron chi connectivity index (χ1n) is 7.31. The summed E-state index contributed by atoms with van der Waals surface area (Å²) >= 11 is 0. The number of hydrogen-bond donors (Lipinski definition) is 1. The molecule has 2 aliphatic rings. The van der Waals surface area contributed by atoms with E-state index in [-0.39, 0.29) is 29.7 Å². The fourth-order valence-corrected chi connectivity index (χ4v) is 2.94. The van der Waals surface area contributed by atoms with Crippen molar-refractivity contribution in [3.8, 4) is 0 Å². The zero-order valence-corrected chi connectivity index (χ0v) is 12.2. The second-order valence-electron chi connectivity index (χ2n) is 5.94. The Kier molecular flexibility index (Phi) is 4.45. The minimum atomic E-state index is 0.0429. The Balaban J connectivity index is 1.86. The molecule has 2 saturated heterocycles. The maximum atomic E-state index is 12.4. The zero-order chi connectivity index (χ0) is 14.0. The molecule has 5 nitrogen and oxygen atoms in total. The first kappa shape index (κ1) is 14.3. The summed E-state index contributed by atoms with van der Waals surface area (Å²) in [5.74, 6) is 0.616. The van der Waals surface area contributed by atoms with Crippen LogP contribution in [-0.2, 0) is 9.59 Å². The van der Waals surface area contributed by atoms with Gasteiger partial charge in [0.15, 0.2) is 0 Å². The number of amides is 2. The van der Waals surface area contributed by atoms with Crippen LogP contribution in [0.5, 0.6) is 0 Å². The molecular weight excluding hydrogens is 242 g/mol. The molecule has 2 amide bonds. The van der Waals surface area contributed by atoms with Crippen LogP contribution >= 0.6 is 0 Å². The normalized spacial score (nSPS) is 28.0. The highest BCUT2D eigenvalue weighted by atomic mass is 16.2. The predicted octanol–water partition coefficient (Wildman–Crippen LogP) is 0.311. The Morgan fingerprint density at radius 1 is 1.11 bits per heavy atom. The average Bonchev–Trinajstić information content (AvgIpc) is 2.83. The van der Waals surface area contributed by atoms with Gasteiger partial charge in [-0.15, -0.1) is 0 Å². The molecule has 2 unspecified atom stereocenters.